The molecule has 3 aliphatic carbocycles. The van der Waals surface area contributed by atoms with Gasteiger partial charge in [0.25, 0.3) is 0 Å². The van der Waals surface area contributed by atoms with Crippen LogP contribution in [0.2, 0.25) is 0 Å². The number of aromatic nitrogens is 5. The normalized spacial score (nSPS) is 18.9. The summed E-state index contributed by atoms with van der Waals surface area (Å²) in [5, 5.41) is 11.6. The average molecular weight is 801 g/mol. The molecule has 11 rings (SSSR count). The minimum Gasteiger partial charge on any atom is -0.466 e. The Morgan fingerprint density at radius 1 is 0.831 bits per heavy atom. The van der Waals surface area contributed by atoms with E-state index < -0.39 is 11.4 Å². The largest absolute Gasteiger partial charge is 0.466 e. The van der Waals surface area contributed by atoms with Gasteiger partial charge in [-0.3, -0.25) is 4.79 Å². The Bertz CT molecular complexity index is 2630. The van der Waals surface area contributed by atoms with Crippen LogP contribution in [0.15, 0.2) is 143 Å². The molecule has 8 aromatic rings. The molecule has 11 heteroatoms. The maximum Gasteiger partial charge on any atom is 0.311 e. The van der Waals surface area contributed by atoms with Gasteiger partial charge in [0.05, 0.1) is 29.0 Å². The van der Waals surface area contributed by atoms with Gasteiger partial charge in [0.15, 0.2) is 17.2 Å². The highest BCUT2D eigenvalue weighted by molar-refractivity contribution is 7.13. The second-order valence-corrected chi connectivity index (χ2v) is 16.3. The number of thiophene rings is 1. The van der Waals surface area contributed by atoms with E-state index in [0.29, 0.717) is 40.6 Å². The van der Waals surface area contributed by atoms with Crippen LogP contribution in [-0.4, -0.2) is 43.4 Å². The summed E-state index contributed by atoms with van der Waals surface area (Å²) >= 11 is 1.59. The Balaban J connectivity index is 1.20. The van der Waals surface area contributed by atoms with Crippen LogP contribution in [0.3, 0.4) is 0 Å². The summed E-state index contributed by atoms with van der Waals surface area (Å²) in [5.74, 6) is 1.53. The third kappa shape index (κ3) is 6.50. The average Bonchev–Trinajstić information content (AvgIpc) is 4.07. The van der Waals surface area contributed by atoms with Gasteiger partial charge in [0, 0.05) is 12.1 Å². The van der Waals surface area contributed by atoms with Crippen LogP contribution in [-0.2, 0) is 15.1 Å². The van der Waals surface area contributed by atoms with Gasteiger partial charge in [0.1, 0.15) is 34.3 Å². The van der Waals surface area contributed by atoms with Gasteiger partial charge in [-0.25, -0.2) is 24.0 Å². The molecule has 294 valence electrons. The number of esters is 1. The van der Waals surface area contributed by atoms with Gasteiger partial charge in [-0.15, -0.1) is 11.3 Å². The number of ether oxygens (including phenoxy) is 1. The summed E-state index contributed by atoms with van der Waals surface area (Å²) in [6.07, 6.45) is 5.26. The molecule has 2 bridgehead atoms. The van der Waals surface area contributed by atoms with E-state index in [9.17, 15) is 4.79 Å². The lowest BCUT2D eigenvalue weighted by Gasteiger charge is -2.47. The molecule has 3 aliphatic rings. The first-order chi connectivity index (χ1) is 29.0. The molecule has 3 saturated carbocycles. The predicted octanol–water partition coefficient (Wildman–Crippen LogP) is 10.6. The van der Waals surface area contributed by atoms with Crippen LogP contribution in [0, 0.1) is 23.6 Å². The van der Waals surface area contributed by atoms with E-state index in [1.54, 1.807) is 11.3 Å². The summed E-state index contributed by atoms with van der Waals surface area (Å²) in [6, 6.07) is 41.5. The number of carbonyl (C=O) groups excluding carboxylic acids is 1. The summed E-state index contributed by atoms with van der Waals surface area (Å²) in [6.45, 7) is 2.17. The van der Waals surface area contributed by atoms with Gasteiger partial charge in [-0.2, -0.15) is 5.10 Å². The molecule has 59 heavy (non-hydrogen) atoms. The van der Waals surface area contributed by atoms with Crippen molar-refractivity contribution in [2.45, 2.75) is 44.2 Å². The van der Waals surface area contributed by atoms with Crippen molar-refractivity contribution in [3.8, 4) is 33.6 Å². The number of nitrogens with one attached hydrogen (secondary N) is 1. The Kier molecular flexibility index (Phi) is 9.60. The van der Waals surface area contributed by atoms with Crippen molar-refractivity contribution in [3.05, 3.63) is 161 Å². The van der Waals surface area contributed by atoms with Gasteiger partial charge < -0.3 is 14.5 Å². The lowest BCUT2D eigenvalue weighted by Crippen LogP contribution is -2.52. The molecule has 0 aliphatic heterocycles. The highest BCUT2D eigenvalue weighted by Gasteiger charge is 2.48. The summed E-state index contributed by atoms with van der Waals surface area (Å²) in [4.78, 5) is 29.6. The number of halogens is 1. The highest BCUT2D eigenvalue weighted by Crippen LogP contribution is 2.48. The Labute approximate surface area is 345 Å². The van der Waals surface area contributed by atoms with Crippen LogP contribution in [0.1, 0.15) is 49.3 Å². The van der Waals surface area contributed by atoms with Crippen molar-refractivity contribution in [1.82, 2.24) is 24.7 Å². The maximum absolute atomic E-state index is 15.5. The van der Waals surface area contributed by atoms with Crippen molar-refractivity contribution in [2.24, 2.45) is 17.8 Å². The molecule has 0 amide bonds. The molecule has 0 radical (unpaired) electrons. The van der Waals surface area contributed by atoms with E-state index in [1.807, 2.05) is 102 Å². The lowest BCUT2D eigenvalue weighted by atomic mass is 9.61. The number of fused-ring (bicyclic) bond motifs is 4. The zero-order valence-electron chi connectivity index (χ0n) is 32.4. The first kappa shape index (κ1) is 36.9. The van der Waals surface area contributed by atoms with Gasteiger partial charge in [0.2, 0.25) is 0 Å². The van der Waals surface area contributed by atoms with Crippen LogP contribution >= 0.6 is 11.3 Å². The third-order valence-electron chi connectivity index (χ3n) is 12.0. The van der Waals surface area contributed by atoms with Crippen LogP contribution in [0.5, 0.6) is 0 Å². The molecule has 9 nitrogen and oxygen atoms in total. The Morgan fingerprint density at radius 2 is 1.47 bits per heavy atom. The SMILES string of the molecule is CCOC(=O)[C@H]1C2CCC(CC2)[C@@H]1Nc1cc(-c2ccc(-c3cccs3)o2)nc(-c2nn(C(c3ccccc3)(c3ccccc3)c3ccccc3)c3ncc(F)cc23)n1. The molecule has 1 N–H and O–H groups in total. The number of furan rings is 1. The van der Waals surface area contributed by atoms with E-state index in [2.05, 4.69) is 41.7 Å². The number of carbonyl (C=O) groups is 1. The fraction of sp³-hybridized carbons (Fsp3) is 0.229. The van der Waals surface area contributed by atoms with Crippen molar-refractivity contribution >= 4 is 34.2 Å². The van der Waals surface area contributed by atoms with E-state index in [1.165, 1.54) is 12.3 Å². The second-order valence-electron chi connectivity index (χ2n) is 15.3. The standard InChI is InChI=1S/C48H41FN6O3S/c1-2-57-47(56)42-30-20-22-31(23-21-30)43(42)52-41-28-37(38-24-25-39(58-38)40-19-12-26-59-40)51-45(53-41)44-36-27-35(49)29-50-46(36)55(54-44)48(32-13-6-3-7-14-32,33-15-8-4-9-16-33)34-17-10-5-11-18-34/h3-19,24-31,42-43H,2,20-23H2,1H3,(H,51,52,53)/t30?,31?,42-,43-/m0/s1. The lowest BCUT2D eigenvalue weighted by molar-refractivity contribution is -0.154. The first-order valence-corrected chi connectivity index (χ1v) is 21.1. The zero-order chi connectivity index (χ0) is 39.9. The zero-order valence-corrected chi connectivity index (χ0v) is 33.2. The number of hydrogen-bond donors (Lipinski definition) is 1. The van der Waals surface area contributed by atoms with E-state index in [0.717, 1.165) is 53.0 Å². The molecule has 3 fully saturated rings. The Morgan fingerprint density at radius 3 is 2.10 bits per heavy atom. The smallest absolute Gasteiger partial charge is 0.311 e. The molecular formula is C48H41FN6O3S. The summed E-state index contributed by atoms with van der Waals surface area (Å²) in [5.41, 5.74) is 3.07. The molecule has 0 unspecified atom stereocenters. The van der Waals surface area contributed by atoms with E-state index in [-0.39, 0.29) is 35.6 Å². The van der Waals surface area contributed by atoms with Crippen LogP contribution < -0.4 is 5.32 Å². The van der Waals surface area contributed by atoms with Crippen LogP contribution in [0.25, 0.3) is 44.6 Å². The number of hydrogen-bond acceptors (Lipinski definition) is 9. The van der Waals surface area contributed by atoms with Crippen LogP contribution in [0.4, 0.5) is 10.2 Å². The molecule has 3 aromatic carbocycles. The minimum atomic E-state index is -1.05. The predicted molar refractivity (Wildman–Crippen MR) is 227 cm³/mol. The van der Waals surface area contributed by atoms with Gasteiger partial charge >= 0.3 is 5.97 Å². The monoisotopic (exact) mass is 800 g/mol. The minimum absolute atomic E-state index is 0.175. The maximum atomic E-state index is 15.5. The molecule has 0 spiro atoms. The van der Waals surface area contributed by atoms with Crippen molar-refractivity contribution in [3.63, 3.8) is 0 Å². The van der Waals surface area contributed by atoms with Crippen molar-refractivity contribution < 1.29 is 18.3 Å². The molecule has 0 saturated heterocycles. The molecule has 5 aromatic heterocycles. The number of rotatable bonds is 11. The number of anilines is 1. The second kappa shape index (κ2) is 15.4. The number of nitrogens with zero attached hydrogens (tertiary/aromatic N) is 5. The molecular weight excluding hydrogens is 760 g/mol. The first-order valence-electron chi connectivity index (χ1n) is 20.2. The molecule has 5 heterocycles. The fourth-order valence-corrected chi connectivity index (χ4v) is 10.2. The fourth-order valence-electron chi connectivity index (χ4n) is 9.47. The van der Waals surface area contributed by atoms with E-state index >= 15 is 4.39 Å². The van der Waals surface area contributed by atoms with Gasteiger partial charge in [-0.1, -0.05) is 97.1 Å². The van der Waals surface area contributed by atoms with E-state index in [4.69, 9.17) is 29.2 Å². The molecule has 2 atom stereocenters. The third-order valence-corrected chi connectivity index (χ3v) is 12.9. The van der Waals surface area contributed by atoms with Crippen molar-refractivity contribution in [2.75, 3.05) is 11.9 Å². The topological polar surface area (TPSA) is 108 Å². The van der Waals surface area contributed by atoms with Crippen molar-refractivity contribution in [1.29, 1.82) is 0 Å². The number of pyridine rings is 1. The summed E-state index contributed by atoms with van der Waals surface area (Å²) in [7, 11) is 0. The summed E-state index contributed by atoms with van der Waals surface area (Å²) < 4.78 is 29.5. The Hall–Kier alpha value is -6.46. The van der Waals surface area contributed by atoms with Gasteiger partial charge in [-0.05, 0) is 90.8 Å². The highest BCUT2D eigenvalue weighted by atomic mass is 32.1. The number of benzene rings is 3. The quantitative estimate of drug-likeness (QED) is 0.102.